The Kier molecular flexibility index (Phi) is 4.67. The van der Waals surface area contributed by atoms with Crippen LogP contribution in [0.2, 0.25) is 0 Å². The van der Waals surface area contributed by atoms with Crippen LogP contribution in [0.15, 0.2) is 42.6 Å². The molecule has 0 unspecified atom stereocenters. The summed E-state index contributed by atoms with van der Waals surface area (Å²) in [6, 6.07) is 11.2. The Labute approximate surface area is 152 Å². The Morgan fingerprint density at radius 2 is 2.12 bits per heavy atom. The summed E-state index contributed by atoms with van der Waals surface area (Å²) < 4.78 is 0. The molecule has 2 N–H and O–H groups in total. The minimum atomic E-state index is -0.230. The molecule has 6 heteroatoms. The van der Waals surface area contributed by atoms with Crippen molar-refractivity contribution >= 4 is 17.5 Å². The molecule has 26 heavy (non-hydrogen) atoms. The highest BCUT2D eigenvalue weighted by Gasteiger charge is 2.29. The first-order chi connectivity index (χ1) is 12.7. The number of nitrogens with one attached hydrogen (secondary N) is 2. The Morgan fingerprint density at radius 3 is 2.88 bits per heavy atom. The fourth-order valence-corrected chi connectivity index (χ4v) is 3.64. The van der Waals surface area contributed by atoms with Crippen molar-refractivity contribution in [3.63, 3.8) is 0 Å². The molecule has 1 atom stereocenters. The van der Waals surface area contributed by atoms with Crippen LogP contribution in [0.4, 0.5) is 5.69 Å². The minimum Gasteiger partial charge on any atom is -0.338 e. The molecule has 0 bridgehead atoms. The van der Waals surface area contributed by atoms with Crippen LogP contribution in [0.1, 0.15) is 28.0 Å². The lowest BCUT2D eigenvalue weighted by atomic mass is 9.97. The minimum absolute atomic E-state index is 0.101. The Morgan fingerprint density at radius 1 is 1.19 bits per heavy atom. The van der Waals surface area contributed by atoms with Crippen LogP contribution in [0.25, 0.3) is 0 Å². The molecule has 2 aliphatic heterocycles. The van der Waals surface area contributed by atoms with Gasteiger partial charge in [-0.3, -0.25) is 14.6 Å². The van der Waals surface area contributed by atoms with Crippen molar-refractivity contribution in [3.8, 4) is 0 Å². The van der Waals surface area contributed by atoms with Crippen LogP contribution in [0, 0.1) is 5.92 Å². The van der Waals surface area contributed by atoms with Gasteiger partial charge in [0.05, 0.1) is 5.92 Å². The van der Waals surface area contributed by atoms with E-state index in [-0.39, 0.29) is 17.7 Å². The van der Waals surface area contributed by atoms with E-state index in [1.165, 1.54) is 5.56 Å². The SMILES string of the molecule is O=C(Nc1ccc2c(c1)CN(C(=O)[C@H]1CCNC1)CC2)c1ccccn1. The van der Waals surface area contributed by atoms with Gasteiger partial charge in [0.1, 0.15) is 5.69 Å². The lowest BCUT2D eigenvalue weighted by Crippen LogP contribution is -2.40. The number of fused-ring (bicyclic) bond motifs is 1. The number of hydrogen-bond acceptors (Lipinski definition) is 4. The third-order valence-corrected chi connectivity index (χ3v) is 5.10. The highest BCUT2D eigenvalue weighted by molar-refractivity contribution is 6.02. The van der Waals surface area contributed by atoms with E-state index in [0.29, 0.717) is 12.2 Å². The number of nitrogens with zero attached hydrogens (tertiary/aromatic N) is 2. The van der Waals surface area contributed by atoms with E-state index < -0.39 is 0 Å². The Hall–Kier alpha value is -2.73. The summed E-state index contributed by atoms with van der Waals surface area (Å²) in [7, 11) is 0. The fraction of sp³-hybridized carbons (Fsp3) is 0.350. The molecule has 2 amide bonds. The molecule has 1 fully saturated rings. The van der Waals surface area contributed by atoms with Crippen molar-refractivity contribution in [1.82, 2.24) is 15.2 Å². The monoisotopic (exact) mass is 350 g/mol. The predicted octanol–water partition coefficient (Wildman–Crippen LogP) is 1.83. The van der Waals surface area contributed by atoms with E-state index in [0.717, 1.165) is 43.7 Å². The highest BCUT2D eigenvalue weighted by atomic mass is 16.2. The lowest BCUT2D eigenvalue weighted by Gasteiger charge is -2.31. The molecule has 0 saturated carbocycles. The van der Waals surface area contributed by atoms with E-state index in [1.54, 1.807) is 24.4 Å². The second-order valence-electron chi connectivity index (χ2n) is 6.85. The Bertz CT molecular complexity index is 816. The van der Waals surface area contributed by atoms with Gasteiger partial charge in [0.15, 0.2) is 0 Å². The van der Waals surface area contributed by atoms with Crippen LogP contribution in [0.5, 0.6) is 0 Å². The van der Waals surface area contributed by atoms with E-state index in [1.807, 2.05) is 23.1 Å². The van der Waals surface area contributed by atoms with Crippen LogP contribution in [0.3, 0.4) is 0 Å². The maximum Gasteiger partial charge on any atom is 0.274 e. The molecule has 4 rings (SSSR count). The summed E-state index contributed by atoms with van der Waals surface area (Å²) in [6.45, 7) is 3.08. The standard InChI is InChI=1S/C20H22N4O2/c25-19(18-3-1-2-8-22-18)23-17-5-4-14-7-10-24(13-16(14)11-17)20(26)15-6-9-21-12-15/h1-5,8,11,15,21H,6-7,9-10,12-13H2,(H,23,25)/t15-/m0/s1. The largest absolute Gasteiger partial charge is 0.338 e. The summed E-state index contributed by atoms with van der Waals surface area (Å²) in [5, 5.41) is 6.15. The summed E-state index contributed by atoms with van der Waals surface area (Å²) in [5.41, 5.74) is 3.47. The molecule has 1 aromatic carbocycles. The normalized spacial score (nSPS) is 19.1. The molecule has 0 radical (unpaired) electrons. The van der Waals surface area contributed by atoms with Crippen molar-refractivity contribution < 1.29 is 9.59 Å². The summed E-state index contributed by atoms with van der Waals surface area (Å²) in [4.78, 5) is 31.0. The van der Waals surface area contributed by atoms with E-state index in [2.05, 4.69) is 15.6 Å². The van der Waals surface area contributed by atoms with Gasteiger partial charge >= 0.3 is 0 Å². The second kappa shape index (κ2) is 7.25. The first-order valence-corrected chi connectivity index (χ1v) is 9.04. The van der Waals surface area contributed by atoms with Gasteiger partial charge < -0.3 is 15.5 Å². The smallest absolute Gasteiger partial charge is 0.274 e. The van der Waals surface area contributed by atoms with Gasteiger partial charge in [-0.25, -0.2) is 0 Å². The van der Waals surface area contributed by atoms with Crippen LogP contribution in [-0.2, 0) is 17.8 Å². The summed E-state index contributed by atoms with van der Waals surface area (Å²) in [6.07, 6.45) is 3.38. The average molecular weight is 350 g/mol. The van der Waals surface area contributed by atoms with Gasteiger partial charge in [-0.2, -0.15) is 0 Å². The van der Waals surface area contributed by atoms with Gasteiger partial charge in [-0.1, -0.05) is 12.1 Å². The van der Waals surface area contributed by atoms with Gasteiger partial charge in [0, 0.05) is 31.5 Å². The quantitative estimate of drug-likeness (QED) is 0.886. The molecular weight excluding hydrogens is 328 g/mol. The molecular formula is C20H22N4O2. The third kappa shape index (κ3) is 3.46. The number of carbonyl (C=O) groups excluding carboxylic acids is 2. The fourth-order valence-electron chi connectivity index (χ4n) is 3.64. The maximum absolute atomic E-state index is 12.7. The zero-order valence-corrected chi connectivity index (χ0v) is 14.6. The zero-order valence-electron chi connectivity index (χ0n) is 14.6. The topological polar surface area (TPSA) is 74.3 Å². The van der Waals surface area contributed by atoms with Gasteiger partial charge in [-0.05, 0) is 54.8 Å². The second-order valence-corrected chi connectivity index (χ2v) is 6.85. The number of benzene rings is 1. The Balaban J connectivity index is 1.47. The van der Waals surface area contributed by atoms with Crippen LogP contribution >= 0.6 is 0 Å². The predicted molar refractivity (Wildman–Crippen MR) is 98.7 cm³/mol. The molecule has 1 saturated heterocycles. The van der Waals surface area contributed by atoms with Gasteiger partial charge in [0.25, 0.3) is 5.91 Å². The third-order valence-electron chi connectivity index (χ3n) is 5.10. The van der Waals surface area contributed by atoms with E-state index in [4.69, 9.17) is 0 Å². The number of anilines is 1. The number of carbonyl (C=O) groups is 2. The van der Waals surface area contributed by atoms with E-state index >= 15 is 0 Å². The zero-order chi connectivity index (χ0) is 17.9. The van der Waals surface area contributed by atoms with E-state index in [9.17, 15) is 9.59 Å². The number of pyridine rings is 1. The first kappa shape index (κ1) is 16.7. The first-order valence-electron chi connectivity index (χ1n) is 9.04. The van der Waals surface area contributed by atoms with Crippen molar-refractivity contribution in [2.75, 3.05) is 25.0 Å². The molecule has 0 aliphatic carbocycles. The van der Waals surface area contributed by atoms with Crippen molar-refractivity contribution in [3.05, 3.63) is 59.4 Å². The molecule has 6 nitrogen and oxygen atoms in total. The molecule has 2 aromatic rings. The average Bonchev–Trinajstić information content (AvgIpc) is 3.22. The maximum atomic E-state index is 12.7. The molecule has 0 spiro atoms. The molecule has 1 aromatic heterocycles. The van der Waals surface area contributed by atoms with Gasteiger partial charge in [0.2, 0.25) is 5.91 Å². The number of aromatic nitrogens is 1. The summed E-state index contributed by atoms with van der Waals surface area (Å²) >= 11 is 0. The number of hydrogen-bond donors (Lipinski definition) is 2. The number of rotatable bonds is 3. The summed E-state index contributed by atoms with van der Waals surface area (Å²) in [5.74, 6) is 0.110. The van der Waals surface area contributed by atoms with Crippen LogP contribution in [-0.4, -0.2) is 41.3 Å². The molecule has 2 aliphatic rings. The van der Waals surface area contributed by atoms with Crippen molar-refractivity contribution in [2.24, 2.45) is 5.92 Å². The number of amides is 2. The molecule has 134 valence electrons. The lowest BCUT2D eigenvalue weighted by molar-refractivity contribution is -0.135. The van der Waals surface area contributed by atoms with Crippen LogP contribution < -0.4 is 10.6 Å². The van der Waals surface area contributed by atoms with Crippen molar-refractivity contribution in [2.45, 2.75) is 19.4 Å². The van der Waals surface area contributed by atoms with Crippen molar-refractivity contribution in [1.29, 1.82) is 0 Å². The van der Waals surface area contributed by atoms with Gasteiger partial charge in [-0.15, -0.1) is 0 Å². The molecule has 3 heterocycles. The highest BCUT2D eigenvalue weighted by Crippen LogP contribution is 2.25.